The second kappa shape index (κ2) is 4.93. The topological polar surface area (TPSA) is 70.1 Å². The number of hydrogen-bond acceptors (Lipinski definition) is 4. The standard InChI is InChI=1S/C13H14ClN3O2/c1-7-11(14)8(2)17(16-7)12-9(13(18)19-3)5-4-6-10(12)15/h4-6H,15H2,1-3H3. The van der Waals surface area contributed by atoms with Gasteiger partial charge in [-0.05, 0) is 26.0 Å². The lowest BCUT2D eigenvalue weighted by atomic mass is 10.1. The van der Waals surface area contributed by atoms with E-state index in [0.717, 1.165) is 5.69 Å². The minimum absolute atomic E-state index is 0.352. The molecule has 0 aliphatic rings. The Hall–Kier alpha value is -2.01. The van der Waals surface area contributed by atoms with Crippen molar-refractivity contribution in [3.05, 3.63) is 40.2 Å². The number of aromatic nitrogens is 2. The van der Waals surface area contributed by atoms with Crippen LogP contribution in [0.15, 0.2) is 18.2 Å². The Balaban J connectivity index is 2.74. The number of halogens is 1. The van der Waals surface area contributed by atoms with Gasteiger partial charge >= 0.3 is 5.97 Å². The molecule has 2 N–H and O–H groups in total. The molecule has 100 valence electrons. The molecule has 0 fully saturated rings. The second-order valence-electron chi connectivity index (χ2n) is 4.13. The molecule has 5 nitrogen and oxygen atoms in total. The number of nitrogens with two attached hydrogens (primary N) is 1. The van der Waals surface area contributed by atoms with Crippen molar-refractivity contribution in [3.8, 4) is 5.69 Å². The van der Waals surface area contributed by atoms with Gasteiger partial charge in [0.2, 0.25) is 0 Å². The summed E-state index contributed by atoms with van der Waals surface area (Å²) < 4.78 is 6.33. The molecule has 1 aromatic heterocycles. The molecule has 0 aliphatic carbocycles. The Morgan fingerprint density at radius 3 is 2.63 bits per heavy atom. The zero-order chi connectivity index (χ0) is 14.2. The van der Waals surface area contributed by atoms with E-state index >= 15 is 0 Å². The number of aryl methyl sites for hydroxylation is 1. The fourth-order valence-electron chi connectivity index (χ4n) is 1.91. The number of ether oxygens (including phenoxy) is 1. The van der Waals surface area contributed by atoms with Crippen LogP contribution < -0.4 is 5.73 Å². The SMILES string of the molecule is COC(=O)c1cccc(N)c1-n1nc(C)c(Cl)c1C. The smallest absolute Gasteiger partial charge is 0.340 e. The van der Waals surface area contributed by atoms with E-state index < -0.39 is 5.97 Å². The van der Waals surface area contributed by atoms with Crippen molar-refractivity contribution in [1.29, 1.82) is 0 Å². The summed E-state index contributed by atoms with van der Waals surface area (Å²) in [5.74, 6) is -0.467. The third-order valence-electron chi connectivity index (χ3n) is 2.89. The number of nitrogens with zero attached hydrogens (tertiary/aromatic N) is 2. The number of carbonyl (C=O) groups is 1. The molecule has 1 aromatic carbocycles. The first-order chi connectivity index (χ1) is 8.97. The molecule has 0 bridgehead atoms. The Morgan fingerprint density at radius 1 is 1.42 bits per heavy atom. The molecule has 2 rings (SSSR count). The predicted molar refractivity (Wildman–Crippen MR) is 73.8 cm³/mol. The van der Waals surface area contributed by atoms with Gasteiger partial charge in [-0.25, -0.2) is 9.48 Å². The van der Waals surface area contributed by atoms with E-state index in [1.165, 1.54) is 7.11 Å². The highest BCUT2D eigenvalue weighted by atomic mass is 35.5. The molecule has 0 saturated heterocycles. The van der Waals surface area contributed by atoms with E-state index in [9.17, 15) is 4.79 Å². The minimum Gasteiger partial charge on any atom is -0.465 e. The fourth-order valence-corrected chi connectivity index (χ4v) is 2.03. The molecule has 0 radical (unpaired) electrons. The monoisotopic (exact) mass is 279 g/mol. The Bertz CT molecular complexity index is 650. The predicted octanol–water partition coefficient (Wildman–Crippen LogP) is 2.51. The normalized spacial score (nSPS) is 10.5. The quantitative estimate of drug-likeness (QED) is 0.677. The maximum Gasteiger partial charge on any atom is 0.340 e. The van der Waals surface area contributed by atoms with Crippen molar-refractivity contribution in [3.63, 3.8) is 0 Å². The van der Waals surface area contributed by atoms with Crippen LogP contribution in [-0.4, -0.2) is 22.9 Å². The van der Waals surface area contributed by atoms with Crippen LogP contribution in [0.1, 0.15) is 21.7 Å². The van der Waals surface area contributed by atoms with Crippen molar-refractivity contribution >= 4 is 23.3 Å². The molecule has 0 aliphatic heterocycles. The number of benzene rings is 1. The number of nitrogen functional groups attached to an aromatic ring is 1. The number of hydrogen-bond donors (Lipinski definition) is 1. The van der Waals surface area contributed by atoms with Crippen LogP contribution in [0, 0.1) is 13.8 Å². The van der Waals surface area contributed by atoms with Gasteiger partial charge in [0.25, 0.3) is 0 Å². The van der Waals surface area contributed by atoms with Crippen molar-refractivity contribution in [1.82, 2.24) is 9.78 Å². The summed E-state index contributed by atoms with van der Waals surface area (Å²) >= 11 is 6.13. The van der Waals surface area contributed by atoms with Crippen LogP contribution in [0.25, 0.3) is 5.69 Å². The summed E-state index contributed by atoms with van der Waals surface area (Å²) in [6.45, 7) is 3.61. The maximum atomic E-state index is 11.8. The molecular weight excluding hydrogens is 266 g/mol. The summed E-state index contributed by atoms with van der Waals surface area (Å²) in [7, 11) is 1.32. The largest absolute Gasteiger partial charge is 0.465 e. The summed E-state index contributed by atoms with van der Waals surface area (Å²) in [6, 6.07) is 5.03. The highest BCUT2D eigenvalue weighted by Gasteiger charge is 2.20. The van der Waals surface area contributed by atoms with E-state index in [0.29, 0.717) is 27.7 Å². The second-order valence-corrected chi connectivity index (χ2v) is 4.51. The molecule has 0 spiro atoms. The van der Waals surface area contributed by atoms with E-state index in [1.54, 1.807) is 29.8 Å². The van der Waals surface area contributed by atoms with Crippen LogP contribution in [0.5, 0.6) is 0 Å². The van der Waals surface area contributed by atoms with Gasteiger partial charge in [-0.3, -0.25) is 0 Å². The number of para-hydroxylation sites is 1. The fraction of sp³-hybridized carbons (Fsp3) is 0.231. The van der Waals surface area contributed by atoms with Crippen molar-refractivity contribution in [2.75, 3.05) is 12.8 Å². The number of carbonyl (C=O) groups excluding carboxylic acids is 1. The minimum atomic E-state index is -0.467. The first-order valence-electron chi connectivity index (χ1n) is 5.66. The van der Waals surface area contributed by atoms with E-state index in [4.69, 9.17) is 22.1 Å². The van der Waals surface area contributed by atoms with Gasteiger partial charge in [0.05, 0.1) is 34.8 Å². The highest BCUT2D eigenvalue weighted by molar-refractivity contribution is 6.31. The summed E-state index contributed by atoms with van der Waals surface area (Å²) in [5, 5.41) is 4.87. The molecule has 1 heterocycles. The van der Waals surface area contributed by atoms with Crippen LogP contribution in [0.2, 0.25) is 5.02 Å². The van der Waals surface area contributed by atoms with E-state index in [-0.39, 0.29) is 0 Å². The zero-order valence-electron chi connectivity index (χ0n) is 10.9. The van der Waals surface area contributed by atoms with Gasteiger partial charge in [0.1, 0.15) is 5.69 Å². The number of rotatable bonds is 2. The summed E-state index contributed by atoms with van der Waals surface area (Å²) in [5.41, 5.74) is 8.64. The van der Waals surface area contributed by atoms with Gasteiger partial charge in [-0.2, -0.15) is 5.10 Å². The van der Waals surface area contributed by atoms with Crippen LogP contribution in [0.3, 0.4) is 0 Å². The van der Waals surface area contributed by atoms with Crippen LogP contribution >= 0.6 is 11.6 Å². The molecule has 0 amide bonds. The maximum absolute atomic E-state index is 11.8. The van der Waals surface area contributed by atoms with Gasteiger partial charge in [-0.1, -0.05) is 17.7 Å². The van der Waals surface area contributed by atoms with E-state index in [1.807, 2.05) is 6.92 Å². The van der Waals surface area contributed by atoms with Crippen LogP contribution in [-0.2, 0) is 4.74 Å². The molecule has 0 atom stereocenters. The first-order valence-corrected chi connectivity index (χ1v) is 6.04. The highest BCUT2D eigenvalue weighted by Crippen LogP contribution is 2.28. The van der Waals surface area contributed by atoms with Crippen molar-refractivity contribution in [2.24, 2.45) is 0 Å². The zero-order valence-corrected chi connectivity index (χ0v) is 11.7. The molecule has 0 unspecified atom stereocenters. The third-order valence-corrected chi connectivity index (χ3v) is 3.43. The molecule has 0 saturated carbocycles. The number of methoxy groups -OCH3 is 1. The molecule has 6 heteroatoms. The lowest BCUT2D eigenvalue weighted by Crippen LogP contribution is -2.12. The number of anilines is 1. The molecule has 2 aromatic rings. The summed E-state index contributed by atoms with van der Waals surface area (Å²) in [6.07, 6.45) is 0. The van der Waals surface area contributed by atoms with Crippen LogP contribution in [0.4, 0.5) is 5.69 Å². The van der Waals surface area contributed by atoms with Crippen molar-refractivity contribution in [2.45, 2.75) is 13.8 Å². The number of esters is 1. The Morgan fingerprint density at radius 2 is 2.11 bits per heavy atom. The Labute approximate surface area is 115 Å². The summed E-state index contributed by atoms with van der Waals surface area (Å²) in [4.78, 5) is 11.8. The Kier molecular flexibility index (Phi) is 3.48. The lowest BCUT2D eigenvalue weighted by Gasteiger charge is -2.12. The third kappa shape index (κ3) is 2.17. The van der Waals surface area contributed by atoms with Gasteiger partial charge < -0.3 is 10.5 Å². The van der Waals surface area contributed by atoms with Gasteiger partial charge in [0, 0.05) is 0 Å². The first kappa shape index (κ1) is 13.4. The van der Waals surface area contributed by atoms with E-state index in [2.05, 4.69) is 5.10 Å². The van der Waals surface area contributed by atoms with Gasteiger partial charge in [-0.15, -0.1) is 0 Å². The molecule has 19 heavy (non-hydrogen) atoms. The average molecular weight is 280 g/mol. The average Bonchev–Trinajstić information content (AvgIpc) is 2.65. The molecular formula is C13H14ClN3O2. The lowest BCUT2D eigenvalue weighted by molar-refractivity contribution is 0.0600. The van der Waals surface area contributed by atoms with Crippen molar-refractivity contribution < 1.29 is 9.53 Å². The van der Waals surface area contributed by atoms with Gasteiger partial charge in [0.15, 0.2) is 0 Å².